The maximum Gasteiger partial charge on any atom is 0.225 e. The Bertz CT molecular complexity index is 1440. The molecule has 11 nitrogen and oxygen atoms in total. The molecular formula is C26H36N6O5S2. The summed E-state index contributed by atoms with van der Waals surface area (Å²) in [6, 6.07) is 1.31. The monoisotopic (exact) mass is 576 g/mol. The largest absolute Gasteiger partial charge is 0.390 e. The summed E-state index contributed by atoms with van der Waals surface area (Å²) in [6.07, 6.45) is 3.15. The minimum atomic E-state index is -3.33. The summed E-state index contributed by atoms with van der Waals surface area (Å²) < 4.78 is 30.4. The summed E-state index contributed by atoms with van der Waals surface area (Å²) in [5, 5.41) is 28.8. The standard InChI is InChI=1S/C26H36N6O5S2/c1-5-37-11-13(2)28-26-29-14(3)19(25-31-21-18(38-25)8-9-27-20(21)15-6-7-15)24(32-26)30-17-10-16(12-39(4,35)36)22(33)23(17)34/h8-9,13,15-17,22-23,33-34H,5-7,10-12H2,1-4H3,(H2,28,29,30,32)/t13-,16-,17-,22-,23+/m1/s1. The zero-order valence-electron chi connectivity index (χ0n) is 22.6. The van der Waals surface area contributed by atoms with Crippen LogP contribution in [0.15, 0.2) is 12.3 Å². The smallest absolute Gasteiger partial charge is 0.225 e. The maximum absolute atomic E-state index is 11.9. The molecule has 3 heterocycles. The summed E-state index contributed by atoms with van der Waals surface area (Å²) in [4.78, 5) is 19.1. The first-order valence-corrected chi connectivity index (χ1v) is 16.2. The van der Waals surface area contributed by atoms with E-state index in [0.717, 1.165) is 40.0 Å². The van der Waals surface area contributed by atoms with Crippen LogP contribution in [0.1, 0.15) is 50.4 Å². The molecule has 5 rings (SSSR count). The SMILES string of the molecule is CCOC[C@@H](C)Nc1nc(C)c(-c2nc3c(C4CC4)nccc3s2)c(N[C@@H]2C[C@H](CS(C)(=O)=O)[C@@H](O)[C@H]2O)n1. The molecule has 0 unspecified atom stereocenters. The van der Waals surface area contributed by atoms with E-state index in [2.05, 4.69) is 15.6 Å². The Morgan fingerprint density at radius 1 is 1.21 bits per heavy atom. The Labute approximate surface area is 232 Å². The van der Waals surface area contributed by atoms with Gasteiger partial charge in [-0.05, 0) is 46.1 Å². The van der Waals surface area contributed by atoms with E-state index in [4.69, 9.17) is 19.7 Å². The van der Waals surface area contributed by atoms with Crippen molar-refractivity contribution in [2.75, 3.05) is 35.9 Å². The van der Waals surface area contributed by atoms with Gasteiger partial charge in [0.05, 0.1) is 46.2 Å². The van der Waals surface area contributed by atoms with Crippen molar-refractivity contribution in [3.05, 3.63) is 23.7 Å². The number of fused-ring (bicyclic) bond motifs is 1. The van der Waals surface area contributed by atoms with Gasteiger partial charge in [0.15, 0.2) is 0 Å². The van der Waals surface area contributed by atoms with Gasteiger partial charge < -0.3 is 25.6 Å². The lowest BCUT2D eigenvalue weighted by Gasteiger charge is -2.22. The molecule has 3 aromatic rings. The second-order valence-corrected chi connectivity index (χ2v) is 13.9. The molecule has 3 aromatic heterocycles. The summed E-state index contributed by atoms with van der Waals surface area (Å²) in [5.74, 6) is 0.518. The number of anilines is 2. The van der Waals surface area contributed by atoms with E-state index in [1.807, 2.05) is 33.0 Å². The normalized spacial score (nSPS) is 24.3. The fourth-order valence-corrected chi connectivity index (χ4v) is 7.37. The van der Waals surface area contributed by atoms with E-state index in [-0.39, 0.29) is 18.2 Å². The van der Waals surface area contributed by atoms with Crippen molar-refractivity contribution in [2.45, 2.75) is 70.2 Å². The molecule has 13 heteroatoms. The average molecular weight is 577 g/mol. The summed E-state index contributed by atoms with van der Waals surface area (Å²) in [7, 11) is -3.33. The third-order valence-electron chi connectivity index (χ3n) is 7.19. The van der Waals surface area contributed by atoms with Crippen LogP contribution in [0.3, 0.4) is 0 Å². The molecule has 2 aliphatic rings. The van der Waals surface area contributed by atoms with E-state index < -0.39 is 34.0 Å². The predicted octanol–water partition coefficient (Wildman–Crippen LogP) is 2.74. The molecule has 39 heavy (non-hydrogen) atoms. The van der Waals surface area contributed by atoms with Gasteiger partial charge in [0.1, 0.15) is 32.3 Å². The fourth-order valence-electron chi connectivity index (χ4n) is 5.19. The Balaban J connectivity index is 1.52. The fraction of sp³-hybridized carbons (Fsp3) is 0.615. The van der Waals surface area contributed by atoms with E-state index in [0.29, 0.717) is 42.2 Å². The molecule has 2 aliphatic carbocycles. The highest BCUT2D eigenvalue weighted by Gasteiger charge is 2.43. The van der Waals surface area contributed by atoms with Crippen LogP contribution in [-0.2, 0) is 14.6 Å². The molecule has 0 aromatic carbocycles. The lowest BCUT2D eigenvalue weighted by molar-refractivity contribution is 0.0216. The second kappa shape index (κ2) is 11.2. The molecule has 5 atom stereocenters. The van der Waals surface area contributed by atoms with Crippen LogP contribution in [0.4, 0.5) is 11.8 Å². The molecule has 0 spiro atoms. The molecule has 0 amide bonds. The van der Waals surface area contributed by atoms with Gasteiger partial charge >= 0.3 is 0 Å². The van der Waals surface area contributed by atoms with Crippen molar-refractivity contribution in [3.8, 4) is 10.6 Å². The number of aryl methyl sites for hydroxylation is 1. The molecule has 212 valence electrons. The molecular weight excluding hydrogens is 540 g/mol. The Hall–Kier alpha value is -2.45. The zero-order chi connectivity index (χ0) is 27.9. The predicted molar refractivity (Wildman–Crippen MR) is 152 cm³/mol. The number of thiazole rings is 1. The number of pyridine rings is 1. The van der Waals surface area contributed by atoms with Crippen molar-refractivity contribution >= 4 is 43.2 Å². The lowest BCUT2D eigenvalue weighted by Crippen LogP contribution is -2.36. The molecule has 0 bridgehead atoms. The number of ether oxygens (including phenoxy) is 1. The van der Waals surface area contributed by atoms with Gasteiger partial charge in [-0.3, -0.25) is 4.98 Å². The highest BCUT2D eigenvalue weighted by molar-refractivity contribution is 7.90. The highest BCUT2D eigenvalue weighted by Crippen LogP contribution is 2.44. The molecule has 0 saturated heterocycles. The average Bonchev–Trinajstić information content (AvgIpc) is 3.57. The Kier molecular flexibility index (Phi) is 8.07. The van der Waals surface area contributed by atoms with E-state index in [1.54, 1.807) is 0 Å². The molecule has 2 saturated carbocycles. The molecule has 4 N–H and O–H groups in total. The van der Waals surface area contributed by atoms with Gasteiger partial charge in [0.25, 0.3) is 0 Å². The quantitative estimate of drug-likeness (QED) is 0.266. The van der Waals surface area contributed by atoms with Gasteiger partial charge in [0.2, 0.25) is 5.95 Å². The zero-order valence-corrected chi connectivity index (χ0v) is 24.2. The first-order valence-electron chi connectivity index (χ1n) is 13.3. The van der Waals surface area contributed by atoms with Gasteiger partial charge in [0, 0.05) is 36.9 Å². The second-order valence-electron chi connectivity index (χ2n) is 10.7. The minimum absolute atomic E-state index is 0.0456. The molecule has 2 fully saturated rings. The van der Waals surface area contributed by atoms with Crippen molar-refractivity contribution in [3.63, 3.8) is 0 Å². The van der Waals surface area contributed by atoms with Gasteiger partial charge in [-0.1, -0.05) is 0 Å². The Morgan fingerprint density at radius 3 is 2.67 bits per heavy atom. The van der Waals surface area contributed by atoms with Gasteiger partial charge in [-0.2, -0.15) is 4.98 Å². The van der Waals surface area contributed by atoms with E-state index in [9.17, 15) is 18.6 Å². The van der Waals surface area contributed by atoms with Crippen molar-refractivity contribution in [1.29, 1.82) is 0 Å². The summed E-state index contributed by atoms with van der Waals surface area (Å²) in [5.41, 5.74) is 3.31. The lowest BCUT2D eigenvalue weighted by atomic mass is 10.1. The maximum atomic E-state index is 11.9. The number of hydrogen-bond donors (Lipinski definition) is 4. The first-order chi connectivity index (χ1) is 18.5. The molecule has 0 aliphatic heterocycles. The van der Waals surface area contributed by atoms with Crippen molar-refractivity contribution in [2.24, 2.45) is 5.92 Å². The van der Waals surface area contributed by atoms with Crippen LogP contribution in [0, 0.1) is 12.8 Å². The van der Waals surface area contributed by atoms with E-state index in [1.165, 1.54) is 11.3 Å². The number of sulfone groups is 1. The third kappa shape index (κ3) is 6.32. The number of nitrogens with one attached hydrogen (secondary N) is 2. The van der Waals surface area contributed by atoms with Crippen molar-refractivity contribution in [1.82, 2.24) is 19.9 Å². The van der Waals surface area contributed by atoms with Crippen LogP contribution >= 0.6 is 11.3 Å². The van der Waals surface area contributed by atoms with Crippen LogP contribution in [-0.4, -0.2) is 88.1 Å². The highest BCUT2D eigenvalue weighted by atomic mass is 32.2. The number of hydrogen-bond acceptors (Lipinski definition) is 12. The van der Waals surface area contributed by atoms with Crippen LogP contribution in [0.5, 0.6) is 0 Å². The third-order valence-corrected chi connectivity index (χ3v) is 9.26. The summed E-state index contributed by atoms with van der Waals surface area (Å²) >= 11 is 1.53. The number of nitrogens with zero attached hydrogens (tertiary/aromatic N) is 4. The number of aromatic nitrogens is 4. The summed E-state index contributed by atoms with van der Waals surface area (Å²) in [6.45, 7) is 6.88. The first kappa shape index (κ1) is 28.1. The number of rotatable bonds is 11. The van der Waals surface area contributed by atoms with Gasteiger partial charge in [-0.25, -0.2) is 18.4 Å². The van der Waals surface area contributed by atoms with Crippen LogP contribution in [0.25, 0.3) is 20.8 Å². The molecule has 0 radical (unpaired) electrons. The number of aliphatic hydroxyl groups excluding tert-OH is 2. The Morgan fingerprint density at radius 2 is 1.97 bits per heavy atom. The van der Waals surface area contributed by atoms with Crippen LogP contribution in [0.2, 0.25) is 0 Å². The number of aliphatic hydroxyl groups is 2. The van der Waals surface area contributed by atoms with Gasteiger partial charge in [-0.15, -0.1) is 11.3 Å². The topological polar surface area (TPSA) is 159 Å². The van der Waals surface area contributed by atoms with E-state index >= 15 is 0 Å². The van der Waals surface area contributed by atoms with Crippen LogP contribution < -0.4 is 10.6 Å². The minimum Gasteiger partial charge on any atom is -0.390 e. The van der Waals surface area contributed by atoms with Crippen molar-refractivity contribution < 1.29 is 23.4 Å².